The van der Waals surface area contributed by atoms with E-state index in [1.54, 1.807) is 0 Å². The Kier molecular flexibility index (Phi) is 4.37. The van der Waals surface area contributed by atoms with E-state index in [9.17, 15) is 0 Å². The summed E-state index contributed by atoms with van der Waals surface area (Å²) in [7, 11) is 1.84. The summed E-state index contributed by atoms with van der Waals surface area (Å²) in [4.78, 5) is 8.43. The third kappa shape index (κ3) is 3.04. The molecular formula is C14H16BrN3O. The molecule has 0 spiro atoms. The minimum atomic E-state index is 0.604. The molecule has 1 heterocycles. The first-order valence-electron chi connectivity index (χ1n) is 6.11. The lowest BCUT2D eigenvalue weighted by molar-refractivity contribution is 0.452. The van der Waals surface area contributed by atoms with E-state index in [1.807, 2.05) is 32.2 Å². The van der Waals surface area contributed by atoms with Crippen molar-refractivity contribution in [2.75, 3.05) is 12.4 Å². The minimum Gasteiger partial charge on any atom is -0.438 e. The van der Waals surface area contributed by atoms with Crippen LogP contribution in [0, 0.1) is 6.92 Å². The summed E-state index contributed by atoms with van der Waals surface area (Å²) < 4.78 is 6.95. The molecule has 4 nitrogen and oxygen atoms in total. The maximum atomic E-state index is 5.92. The van der Waals surface area contributed by atoms with Gasteiger partial charge in [-0.1, -0.05) is 22.9 Å². The second-order valence-electron chi connectivity index (χ2n) is 4.12. The van der Waals surface area contributed by atoms with E-state index in [0.717, 1.165) is 33.6 Å². The number of benzene rings is 1. The number of hydrogen-bond acceptors (Lipinski definition) is 4. The number of nitrogens with zero attached hydrogens (tertiary/aromatic N) is 2. The highest BCUT2D eigenvalue weighted by molar-refractivity contribution is 9.10. The number of hydrogen-bond donors (Lipinski definition) is 1. The molecule has 0 saturated heterocycles. The zero-order valence-electron chi connectivity index (χ0n) is 11.2. The molecule has 0 atom stereocenters. The number of ether oxygens (including phenoxy) is 1. The van der Waals surface area contributed by atoms with E-state index in [1.165, 1.54) is 6.33 Å². The zero-order valence-corrected chi connectivity index (χ0v) is 12.8. The Bertz CT molecular complexity index is 587. The van der Waals surface area contributed by atoms with Crippen LogP contribution in [0.5, 0.6) is 11.6 Å². The first kappa shape index (κ1) is 13.8. The van der Waals surface area contributed by atoms with Gasteiger partial charge in [0.05, 0.1) is 5.56 Å². The molecule has 1 N–H and O–H groups in total. The van der Waals surface area contributed by atoms with Gasteiger partial charge in [0.2, 0.25) is 5.88 Å². The van der Waals surface area contributed by atoms with Crippen molar-refractivity contribution in [3.05, 3.63) is 40.1 Å². The molecule has 0 saturated carbocycles. The second kappa shape index (κ2) is 6.02. The maximum absolute atomic E-state index is 5.92. The van der Waals surface area contributed by atoms with Crippen LogP contribution in [0.15, 0.2) is 29.0 Å². The summed E-state index contributed by atoms with van der Waals surface area (Å²) >= 11 is 3.44. The molecule has 19 heavy (non-hydrogen) atoms. The van der Waals surface area contributed by atoms with Gasteiger partial charge in [-0.25, -0.2) is 9.97 Å². The Hall–Kier alpha value is -1.62. The fraction of sp³-hybridized carbons (Fsp3) is 0.286. The van der Waals surface area contributed by atoms with Crippen molar-refractivity contribution in [1.82, 2.24) is 9.97 Å². The molecule has 100 valence electrons. The van der Waals surface area contributed by atoms with Gasteiger partial charge in [-0.05, 0) is 37.1 Å². The van der Waals surface area contributed by atoms with Crippen molar-refractivity contribution in [1.29, 1.82) is 0 Å². The average Bonchev–Trinajstić information content (AvgIpc) is 2.41. The topological polar surface area (TPSA) is 47.0 Å². The molecule has 0 fully saturated rings. The predicted octanol–water partition coefficient (Wildman–Crippen LogP) is 3.94. The van der Waals surface area contributed by atoms with E-state index in [-0.39, 0.29) is 0 Å². The first-order chi connectivity index (χ1) is 9.15. The fourth-order valence-electron chi connectivity index (χ4n) is 1.85. The summed E-state index contributed by atoms with van der Waals surface area (Å²) in [5.74, 6) is 2.22. The lowest BCUT2D eigenvalue weighted by atomic mass is 10.2. The van der Waals surface area contributed by atoms with Crippen LogP contribution in [0.1, 0.15) is 18.1 Å². The summed E-state index contributed by atoms with van der Waals surface area (Å²) in [5.41, 5.74) is 2.04. The number of aryl methyl sites for hydroxylation is 1. The van der Waals surface area contributed by atoms with E-state index >= 15 is 0 Å². The highest BCUT2D eigenvalue weighted by atomic mass is 79.9. The quantitative estimate of drug-likeness (QED) is 0.926. The van der Waals surface area contributed by atoms with Gasteiger partial charge in [0, 0.05) is 11.5 Å². The lowest BCUT2D eigenvalue weighted by Gasteiger charge is -2.13. The monoisotopic (exact) mass is 321 g/mol. The first-order valence-corrected chi connectivity index (χ1v) is 6.90. The van der Waals surface area contributed by atoms with Gasteiger partial charge < -0.3 is 10.1 Å². The number of nitrogens with one attached hydrogen (secondary N) is 1. The van der Waals surface area contributed by atoms with Crippen molar-refractivity contribution >= 4 is 21.7 Å². The Morgan fingerprint density at radius 1 is 1.32 bits per heavy atom. The molecule has 2 aromatic rings. The SMILES string of the molecule is CCc1c(NC)ncnc1Oc1ccc(Br)cc1C. The molecule has 5 heteroatoms. The maximum Gasteiger partial charge on any atom is 0.227 e. The third-order valence-electron chi connectivity index (χ3n) is 2.84. The van der Waals surface area contributed by atoms with Crippen LogP contribution in [0.2, 0.25) is 0 Å². The highest BCUT2D eigenvalue weighted by Gasteiger charge is 2.12. The Morgan fingerprint density at radius 3 is 2.74 bits per heavy atom. The number of halogens is 1. The molecule has 0 aliphatic heterocycles. The second-order valence-corrected chi connectivity index (χ2v) is 5.04. The largest absolute Gasteiger partial charge is 0.438 e. The molecule has 0 amide bonds. The highest BCUT2D eigenvalue weighted by Crippen LogP contribution is 2.30. The van der Waals surface area contributed by atoms with Gasteiger partial charge in [-0.15, -0.1) is 0 Å². The third-order valence-corrected chi connectivity index (χ3v) is 3.33. The summed E-state index contributed by atoms with van der Waals surface area (Å²) in [5, 5.41) is 3.06. The Morgan fingerprint density at radius 2 is 2.11 bits per heavy atom. The van der Waals surface area contributed by atoms with E-state index in [0.29, 0.717) is 5.88 Å². The predicted molar refractivity (Wildman–Crippen MR) is 79.9 cm³/mol. The van der Waals surface area contributed by atoms with Crippen molar-refractivity contribution < 1.29 is 4.74 Å². The Balaban J connectivity index is 2.37. The van der Waals surface area contributed by atoms with Crippen LogP contribution >= 0.6 is 15.9 Å². The van der Waals surface area contributed by atoms with Crippen molar-refractivity contribution in [2.45, 2.75) is 20.3 Å². The molecule has 1 aromatic carbocycles. The van der Waals surface area contributed by atoms with Crippen molar-refractivity contribution in [2.24, 2.45) is 0 Å². The fourth-order valence-corrected chi connectivity index (χ4v) is 2.33. The van der Waals surface area contributed by atoms with Gasteiger partial charge in [-0.3, -0.25) is 0 Å². The molecule has 0 radical (unpaired) electrons. The summed E-state index contributed by atoms with van der Waals surface area (Å²) in [6.07, 6.45) is 2.32. The molecule has 0 aliphatic rings. The van der Waals surface area contributed by atoms with Crippen LogP contribution in [-0.2, 0) is 6.42 Å². The van der Waals surface area contributed by atoms with Gasteiger partial charge in [0.15, 0.2) is 0 Å². The average molecular weight is 322 g/mol. The molecule has 1 aromatic heterocycles. The van der Waals surface area contributed by atoms with Crippen LogP contribution < -0.4 is 10.1 Å². The van der Waals surface area contributed by atoms with Gasteiger partial charge in [-0.2, -0.15) is 0 Å². The standard InChI is InChI=1S/C14H16BrN3O/c1-4-11-13(16-3)17-8-18-14(11)19-12-6-5-10(15)7-9(12)2/h5-8H,4H2,1-3H3,(H,16,17,18). The van der Waals surface area contributed by atoms with Gasteiger partial charge in [0.1, 0.15) is 17.9 Å². The molecule has 2 rings (SSSR count). The molecular weight excluding hydrogens is 306 g/mol. The number of rotatable bonds is 4. The van der Waals surface area contributed by atoms with Crippen LogP contribution in [0.3, 0.4) is 0 Å². The molecule has 0 unspecified atom stereocenters. The zero-order chi connectivity index (χ0) is 13.8. The molecule has 0 bridgehead atoms. The number of anilines is 1. The molecule has 0 aliphatic carbocycles. The minimum absolute atomic E-state index is 0.604. The van der Waals surface area contributed by atoms with Crippen LogP contribution in [0.4, 0.5) is 5.82 Å². The van der Waals surface area contributed by atoms with E-state index in [2.05, 4.69) is 38.1 Å². The van der Waals surface area contributed by atoms with E-state index < -0.39 is 0 Å². The van der Waals surface area contributed by atoms with E-state index in [4.69, 9.17) is 4.74 Å². The van der Waals surface area contributed by atoms with Crippen LogP contribution in [-0.4, -0.2) is 17.0 Å². The normalized spacial score (nSPS) is 10.3. The number of aromatic nitrogens is 2. The van der Waals surface area contributed by atoms with Crippen molar-refractivity contribution in [3.63, 3.8) is 0 Å². The summed E-state index contributed by atoms with van der Waals surface area (Å²) in [6, 6.07) is 5.90. The smallest absolute Gasteiger partial charge is 0.227 e. The summed E-state index contributed by atoms with van der Waals surface area (Å²) in [6.45, 7) is 4.06. The lowest BCUT2D eigenvalue weighted by Crippen LogP contribution is -2.02. The Labute approximate surface area is 121 Å². The van der Waals surface area contributed by atoms with Gasteiger partial charge >= 0.3 is 0 Å². The van der Waals surface area contributed by atoms with Crippen molar-refractivity contribution in [3.8, 4) is 11.6 Å². The van der Waals surface area contributed by atoms with Crippen LogP contribution in [0.25, 0.3) is 0 Å². The van der Waals surface area contributed by atoms with Gasteiger partial charge in [0.25, 0.3) is 0 Å².